The average Bonchev–Trinajstić information content (AvgIpc) is 2.72. The third-order valence-electron chi connectivity index (χ3n) is 4.30. The summed E-state index contributed by atoms with van der Waals surface area (Å²) in [6, 6.07) is 11.9. The monoisotopic (exact) mass is 399 g/mol. The van der Waals surface area contributed by atoms with E-state index in [1.807, 2.05) is 6.07 Å². The summed E-state index contributed by atoms with van der Waals surface area (Å²) in [7, 11) is 3.10. The molecule has 29 heavy (non-hydrogen) atoms. The minimum Gasteiger partial charge on any atom is -0.493 e. The molecular formula is C22H25NO6. The Morgan fingerprint density at radius 2 is 1.62 bits per heavy atom. The van der Waals surface area contributed by atoms with Crippen molar-refractivity contribution in [1.29, 1.82) is 0 Å². The summed E-state index contributed by atoms with van der Waals surface area (Å²) in [5.74, 6) is 0.219. The van der Waals surface area contributed by atoms with Crippen molar-refractivity contribution in [1.82, 2.24) is 0 Å². The van der Waals surface area contributed by atoms with Gasteiger partial charge in [-0.3, -0.25) is 14.4 Å². The van der Waals surface area contributed by atoms with Crippen LogP contribution in [0.5, 0.6) is 11.5 Å². The van der Waals surface area contributed by atoms with Crippen molar-refractivity contribution in [3.8, 4) is 11.5 Å². The molecule has 0 unspecified atom stereocenters. The van der Waals surface area contributed by atoms with Crippen LogP contribution in [0.3, 0.4) is 0 Å². The van der Waals surface area contributed by atoms with Crippen LogP contribution in [-0.4, -0.2) is 38.0 Å². The number of hydrogen-bond acceptors (Lipinski definition) is 6. The maximum atomic E-state index is 12.2. The molecule has 0 aliphatic carbocycles. The molecular weight excluding hydrogens is 374 g/mol. The van der Waals surface area contributed by atoms with Gasteiger partial charge in [-0.1, -0.05) is 6.07 Å². The van der Waals surface area contributed by atoms with E-state index in [0.717, 1.165) is 5.56 Å². The Kier molecular flexibility index (Phi) is 7.77. The molecule has 2 aromatic carbocycles. The lowest BCUT2D eigenvalue weighted by atomic mass is 10.1. The molecule has 2 aromatic rings. The van der Waals surface area contributed by atoms with Gasteiger partial charge in [0.2, 0.25) is 0 Å². The molecule has 1 N–H and O–H groups in total. The Bertz CT molecular complexity index is 875. The smallest absolute Gasteiger partial charge is 0.306 e. The highest BCUT2D eigenvalue weighted by molar-refractivity contribution is 5.97. The lowest BCUT2D eigenvalue weighted by molar-refractivity contribution is -0.153. The minimum absolute atomic E-state index is 0.0559. The van der Waals surface area contributed by atoms with Crippen molar-refractivity contribution < 1.29 is 28.6 Å². The van der Waals surface area contributed by atoms with Gasteiger partial charge in [-0.25, -0.2) is 0 Å². The molecule has 0 radical (unpaired) electrons. The van der Waals surface area contributed by atoms with E-state index >= 15 is 0 Å². The Balaban J connectivity index is 1.85. The molecule has 154 valence electrons. The highest BCUT2D eigenvalue weighted by Gasteiger charge is 2.18. The highest BCUT2D eigenvalue weighted by atomic mass is 16.5. The number of carbonyl (C=O) groups is 3. The van der Waals surface area contributed by atoms with Crippen molar-refractivity contribution in [3.05, 3.63) is 53.6 Å². The minimum atomic E-state index is -0.944. The number of carbonyl (C=O) groups excluding carboxylic acids is 3. The van der Waals surface area contributed by atoms with Crippen LogP contribution in [0.1, 0.15) is 36.2 Å². The molecule has 0 aliphatic rings. The van der Waals surface area contributed by atoms with Crippen LogP contribution in [0, 0.1) is 0 Å². The molecule has 7 nitrogen and oxygen atoms in total. The topological polar surface area (TPSA) is 90.9 Å². The van der Waals surface area contributed by atoms with Crippen molar-refractivity contribution in [2.45, 2.75) is 32.8 Å². The first kappa shape index (κ1) is 21.9. The molecule has 0 heterocycles. The van der Waals surface area contributed by atoms with E-state index < -0.39 is 18.0 Å². The number of ketones is 1. The number of ether oxygens (including phenoxy) is 3. The highest BCUT2D eigenvalue weighted by Crippen LogP contribution is 2.28. The molecule has 0 spiro atoms. The van der Waals surface area contributed by atoms with Gasteiger partial charge in [-0.15, -0.1) is 0 Å². The maximum Gasteiger partial charge on any atom is 0.306 e. The molecule has 0 saturated heterocycles. The van der Waals surface area contributed by atoms with E-state index in [1.165, 1.54) is 13.8 Å². The van der Waals surface area contributed by atoms with Gasteiger partial charge < -0.3 is 19.5 Å². The first-order valence-corrected chi connectivity index (χ1v) is 9.16. The first-order chi connectivity index (χ1) is 13.8. The number of hydrogen-bond donors (Lipinski definition) is 1. The van der Waals surface area contributed by atoms with Gasteiger partial charge in [0.05, 0.1) is 14.2 Å². The number of nitrogens with one attached hydrogen (secondary N) is 1. The molecule has 2 rings (SSSR count). The van der Waals surface area contributed by atoms with Gasteiger partial charge in [0, 0.05) is 17.7 Å². The first-order valence-electron chi connectivity index (χ1n) is 9.16. The van der Waals surface area contributed by atoms with E-state index in [9.17, 15) is 14.4 Å². The van der Waals surface area contributed by atoms with Gasteiger partial charge in [0.25, 0.3) is 5.91 Å². The summed E-state index contributed by atoms with van der Waals surface area (Å²) in [6.07, 6.45) is -0.374. The summed E-state index contributed by atoms with van der Waals surface area (Å²) in [5, 5.41) is 2.66. The maximum absolute atomic E-state index is 12.2. The largest absolute Gasteiger partial charge is 0.493 e. The third-order valence-corrected chi connectivity index (χ3v) is 4.30. The summed E-state index contributed by atoms with van der Waals surface area (Å²) >= 11 is 0. The van der Waals surface area contributed by atoms with Crippen LogP contribution in [0.2, 0.25) is 0 Å². The third kappa shape index (κ3) is 6.34. The quantitative estimate of drug-likeness (QED) is 0.513. The van der Waals surface area contributed by atoms with Gasteiger partial charge in [0.15, 0.2) is 23.4 Å². The second-order valence-corrected chi connectivity index (χ2v) is 6.44. The van der Waals surface area contributed by atoms with Crippen molar-refractivity contribution in [3.63, 3.8) is 0 Å². The second-order valence-electron chi connectivity index (χ2n) is 6.44. The Morgan fingerprint density at radius 3 is 2.21 bits per heavy atom. The van der Waals surface area contributed by atoms with Gasteiger partial charge in [0.1, 0.15) is 0 Å². The number of esters is 1. The fraction of sp³-hybridized carbons (Fsp3) is 0.318. The SMILES string of the molecule is COc1ccc(CCC(=O)O[C@@H](C)C(=O)Nc2ccc(C(C)=O)cc2)cc1OC. The fourth-order valence-corrected chi connectivity index (χ4v) is 2.62. The van der Waals surface area contributed by atoms with Crippen molar-refractivity contribution in [2.24, 2.45) is 0 Å². The molecule has 0 fully saturated rings. The number of Topliss-reactive ketones (excluding diaryl/α,β-unsaturated/α-hetero) is 1. The molecule has 0 bridgehead atoms. The summed E-state index contributed by atoms with van der Waals surface area (Å²) in [5.41, 5.74) is 1.97. The van der Waals surface area contributed by atoms with E-state index in [4.69, 9.17) is 14.2 Å². The van der Waals surface area contributed by atoms with Crippen LogP contribution >= 0.6 is 0 Å². The van der Waals surface area contributed by atoms with Crippen LogP contribution < -0.4 is 14.8 Å². The van der Waals surface area contributed by atoms with Gasteiger partial charge in [-0.05, 0) is 62.2 Å². The number of rotatable bonds is 9. The molecule has 1 atom stereocenters. The molecule has 1 amide bonds. The zero-order valence-electron chi connectivity index (χ0n) is 17.0. The predicted molar refractivity (Wildman–Crippen MR) is 108 cm³/mol. The van der Waals surface area contributed by atoms with Crippen LogP contribution in [-0.2, 0) is 20.7 Å². The number of anilines is 1. The summed E-state index contributed by atoms with van der Waals surface area (Å²) in [6.45, 7) is 2.98. The van der Waals surface area contributed by atoms with Crippen LogP contribution in [0.25, 0.3) is 0 Å². The zero-order valence-corrected chi connectivity index (χ0v) is 17.0. The number of benzene rings is 2. The molecule has 0 saturated carbocycles. The fourth-order valence-electron chi connectivity index (χ4n) is 2.62. The van der Waals surface area contributed by atoms with Crippen molar-refractivity contribution in [2.75, 3.05) is 19.5 Å². The standard InChI is InChI=1S/C22H25NO6/c1-14(24)17-7-9-18(10-8-17)23-22(26)15(2)29-21(25)12-6-16-5-11-19(27-3)20(13-16)28-4/h5,7-11,13,15H,6,12H2,1-4H3,(H,23,26)/t15-/m0/s1. The lowest BCUT2D eigenvalue weighted by Gasteiger charge is -2.14. The molecule has 7 heteroatoms. The van der Waals surface area contributed by atoms with Gasteiger partial charge in [-0.2, -0.15) is 0 Å². The second kappa shape index (κ2) is 10.3. The number of amides is 1. The summed E-state index contributed by atoms with van der Waals surface area (Å²) < 4.78 is 15.6. The number of methoxy groups -OCH3 is 2. The Hall–Kier alpha value is -3.35. The van der Waals surface area contributed by atoms with Crippen LogP contribution in [0.15, 0.2) is 42.5 Å². The summed E-state index contributed by atoms with van der Waals surface area (Å²) in [4.78, 5) is 35.6. The number of aryl methyl sites for hydroxylation is 1. The Morgan fingerprint density at radius 1 is 0.966 bits per heavy atom. The molecule has 0 aromatic heterocycles. The lowest BCUT2D eigenvalue weighted by Crippen LogP contribution is -2.30. The van der Waals surface area contributed by atoms with Gasteiger partial charge >= 0.3 is 5.97 Å². The predicted octanol–water partition coefficient (Wildman–Crippen LogP) is 3.41. The van der Waals surface area contributed by atoms with E-state index in [1.54, 1.807) is 50.6 Å². The Labute approximate surface area is 170 Å². The zero-order chi connectivity index (χ0) is 21.4. The van der Waals surface area contributed by atoms with E-state index in [2.05, 4.69) is 5.32 Å². The van der Waals surface area contributed by atoms with Crippen molar-refractivity contribution >= 4 is 23.3 Å². The van der Waals surface area contributed by atoms with E-state index in [0.29, 0.717) is 29.2 Å². The average molecular weight is 399 g/mol. The van der Waals surface area contributed by atoms with E-state index in [-0.39, 0.29) is 12.2 Å². The normalized spacial score (nSPS) is 11.3. The molecule has 0 aliphatic heterocycles. The van der Waals surface area contributed by atoms with Crippen LogP contribution in [0.4, 0.5) is 5.69 Å².